The highest BCUT2D eigenvalue weighted by Gasteiger charge is 2.39. The number of halogens is 3. The van der Waals surface area contributed by atoms with Crippen molar-refractivity contribution in [3.05, 3.63) is 12.0 Å². The lowest BCUT2D eigenvalue weighted by atomic mass is 10.7. The molecule has 0 radical (unpaired) electrons. The summed E-state index contributed by atoms with van der Waals surface area (Å²) in [4.78, 5) is 3.92. The van der Waals surface area contributed by atoms with Crippen LogP contribution >= 0.6 is 47.8 Å². The molecule has 0 spiro atoms. The van der Waals surface area contributed by atoms with Gasteiger partial charge in [-0.15, -0.1) is 0 Å². The number of hydrogen-bond acceptors (Lipinski definition) is 3. The Morgan fingerprint density at radius 1 is 1.43 bits per heavy atom. The van der Waals surface area contributed by atoms with E-state index in [0.717, 1.165) is 0 Å². The van der Waals surface area contributed by atoms with Gasteiger partial charge in [0, 0.05) is 7.05 Å². The molecule has 0 aliphatic carbocycles. The SMILES string of the molecule is Cc1ncc(S(=O)(=O)C(Br)(Br)Br)n1C. The van der Waals surface area contributed by atoms with Gasteiger partial charge in [-0.2, -0.15) is 0 Å². The molecule has 0 atom stereocenters. The summed E-state index contributed by atoms with van der Waals surface area (Å²) >= 11 is 8.95. The van der Waals surface area contributed by atoms with Crippen molar-refractivity contribution in [3.8, 4) is 0 Å². The zero-order chi connectivity index (χ0) is 11.1. The van der Waals surface area contributed by atoms with Gasteiger partial charge in [-0.05, 0) is 54.7 Å². The minimum atomic E-state index is -3.54. The molecular formula is C6H7Br3N2O2S. The van der Waals surface area contributed by atoms with Gasteiger partial charge >= 0.3 is 0 Å². The van der Waals surface area contributed by atoms with E-state index in [0.29, 0.717) is 5.82 Å². The summed E-state index contributed by atoms with van der Waals surface area (Å²) in [6.07, 6.45) is 1.32. The van der Waals surface area contributed by atoms with Gasteiger partial charge in [0.25, 0.3) is 0 Å². The lowest BCUT2D eigenvalue weighted by Gasteiger charge is -2.13. The van der Waals surface area contributed by atoms with Crippen LogP contribution in [0.25, 0.3) is 0 Å². The van der Waals surface area contributed by atoms with Gasteiger partial charge in [0.2, 0.25) is 11.3 Å². The van der Waals surface area contributed by atoms with Crippen LogP contribution in [0.4, 0.5) is 0 Å². The van der Waals surface area contributed by atoms with Gasteiger partial charge in [0.15, 0.2) is 5.03 Å². The number of aryl methyl sites for hydroxylation is 1. The van der Waals surface area contributed by atoms with Crippen molar-refractivity contribution in [1.82, 2.24) is 9.55 Å². The number of nitrogens with zero attached hydrogens (tertiary/aromatic N) is 2. The second-order valence-electron chi connectivity index (χ2n) is 2.65. The summed E-state index contributed by atoms with van der Waals surface area (Å²) in [6.45, 7) is 1.73. The molecule has 0 N–H and O–H groups in total. The third-order valence-electron chi connectivity index (χ3n) is 1.76. The molecule has 0 aliphatic heterocycles. The summed E-state index contributed by atoms with van der Waals surface area (Å²) in [6, 6.07) is 0. The van der Waals surface area contributed by atoms with Gasteiger partial charge in [-0.25, -0.2) is 13.4 Å². The van der Waals surface area contributed by atoms with Crippen LogP contribution in [0.15, 0.2) is 11.2 Å². The standard InChI is InChI=1S/C6H7Br3N2O2S/c1-4-10-3-5(11(4)2)14(12,13)6(7,8)9/h3H,1-2H3. The molecule has 0 aromatic carbocycles. The molecule has 4 nitrogen and oxygen atoms in total. The van der Waals surface area contributed by atoms with E-state index in [9.17, 15) is 8.42 Å². The van der Waals surface area contributed by atoms with Crippen LogP contribution in [0.1, 0.15) is 5.82 Å². The Morgan fingerprint density at radius 2 is 1.93 bits per heavy atom. The highest BCUT2D eigenvalue weighted by atomic mass is 80.0. The predicted molar refractivity (Wildman–Crippen MR) is 64.6 cm³/mol. The number of hydrogen-bond donors (Lipinski definition) is 0. The maximum absolute atomic E-state index is 11.9. The minimum absolute atomic E-state index is 0.139. The molecule has 0 bridgehead atoms. The first kappa shape index (κ1) is 12.7. The van der Waals surface area contributed by atoms with Gasteiger partial charge in [0.1, 0.15) is 5.82 Å². The fourth-order valence-corrected chi connectivity index (χ4v) is 3.26. The molecule has 1 rings (SSSR count). The Bertz CT molecular complexity index is 446. The number of imidazole rings is 1. The largest absolute Gasteiger partial charge is 0.322 e. The monoisotopic (exact) mass is 408 g/mol. The predicted octanol–water partition coefficient (Wildman–Crippen LogP) is 2.30. The first-order valence-corrected chi connectivity index (χ1v) is 7.34. The molecule has 1 aromatic heterocycles. The Hall–Kier alpha value is 0.600. The van der Waals surface area contributed by atoms with E-state index < -0.39 is 11.3 Å². The quantitative estimate of drug-likeness (QED) is 0.667. The molecule has 8 heteroatoms. The average Bonchev–Trinajstić information content (AvgIpc) is 2.30. The summed E-state index contributed by atoms with van der Waals surface area (Å²) in [7, 11) is -1.89. The van der Waals surface area contributed by atoms with Crippen molar-refractivity contribution in [2.75, 3.05) is 0 Å². The summed E-state index contributed by atoms with van der Waals surface area (Å²) in [5.41, 5.74) is 0. The van der Waals surface area contributed by atoms with Crippen molar-refractivity contribution >= 4 is 57.6 Å². The van der Waals surface area contributed by atoms with Crippen LogP contribution in [0, 0.1) is 6.92 Å². The molecule has 0 fully saturated rings. The number of sulfone groups is 1. The number of aromatic nitrogens is 2. The number of rotatable bonds is 1. The Labute approximate surface area is 107 Å². The van der Waals surface area contributed by atoms with E-state index in [1.54, 1.807) is 14.0 Å². The van der Waals surface area contributed by atoms with E-state index in [1.165, 1.54) is 10.8 Å². The number of alkyl halides is 3. The van der Waals surface area contributed by atoms with E-state index in [4.69, 9.17) is 0 Å². The first-order chi connectivity index (χ1) is 6.18. The van der Waals surface area contributed by atoms with Gasteiger partial charge in [0.05, 0.1) is 6.20 Å². The van der Waals surface area contributed by atoms with Crippen LogP contribution in [-0.2, 0) is 16.9 Å². The van der Waals surface area contributed by atoms with Crippen molar-refractivity contribution < 1.29 is 8.42 Å². The van der Waals surface area contributed by atoms with Crippen LogP contribution in [-0.4, -0.2) is 19.4 Å². The smallest absolute Gasteiger partial charge is 0.240 e. The second-order valence-corrected chi connectivity index (χ2v) is 13.0. The molecule has 1 aromatic rings. The van der Waals surface area contributed by atoms with E-state index in [2.05, 4.69) is 52.8 Å². The van der Waals surface area contributed by atoms with E-state index in [1.807, 2.05) is 0 Å². The van der Waals surface area contributed by atoms with E-state index in [-0.39, 0.29) is 5.03 Å². The van der Waals surface area contributed by atoms with Crippen LogP contribution < -0.4 is 0 Å². The van der Waals surface area contributed by atoms with E-state index >= 15 is 0 Å². The lowest BCUT2D eigenvalue weighted by molar-refractivity contribution is 0.587. The molecular weight excluding hydrogens is 404 g/mol. The average molecular weight is 411 g/mol. The van der Waals surface area contributed by atoms with Crippen molar-refractivity contribution in [1.29, 1.82) is 0 Å². The zero-order valence-electron chi connectivity index (χ0n) is 7.33. The summed E-state index contributed by atoms with van der Waals surface area (Å²) in [5.74, 6) is 0.639. The molecule has 1 heterocycles. The summed E-state index contributed by atoms with van der Waals surface area (Å²) < 4.78 is 23.9. The van der Waals surface area contributed by atoms with Crippen molar-refractivity contribution in [2.45, 2.75) is 13.4 Å². The molecule has 0 saturated heterocycles. The molecule has 80 valence electrons. The molecule has 0 saturated carbocycles. The van der Waals surface area contributed by atoms with Gasteiger partial charge in [-0.3, -0.25) is 0 Å². The van der Waals surface area contributed by atoms with Crippen LogP contribution in [0.5, 0.6) is 0 Å². The maximum Gasteiger partial charge on any atom is 0.240 e. The lowest BCUT2D eigenvalue weighted by Crippen LogP contribution is -2.20. The topological polar surface area (TPSA) is 52.0 Å². The fourth-order valence-electron chi connectivity index (χ4n) is 0.850. The second kappa shape index (κ2) is 3.88. The molecule has 0 aliphatic rings. The third-order valence-corrected chi connectivity index (χ3v) is 7.13. The van der Waals surface area contributed by atoms with Gasteiger partial charge in [-0.1, -0.05) is 0 Å². The minimum Gasteiger partial charge on any atom is -0.322 e. The molecule has 14 heavy (non-hydrogen) atoms. The highest BCUT2D eigenvalue weighted by molar-refractivity contribution is 9.42. The fraction of sp³-hybridized carbons (Fsp3) is 0.500. The zero-order valence-corrected chi connectivity index (χ0v) is 12.9. The van der Waals surface area contributed by atoms with Crippen molar-refractivity contribution in [2.24, 2.45) is 7.05 Å². The molecule has 0 amide bonds. The van der Waals surface area contributed by atoms with Crippen LogP contribution in [0.2, 0.25) is 0 Å². The highest BCUT2D eigenvalue weighted by Crippen LogP contribution is 2.42. The molecule has 0 unspecified atom stereocenters. The van der Waals surface area contributed by atoms with Gasteiger partial charge < -0.3 is 4.57 Å². The first-order valence-electron chi connectivity index (χ1n) is 3.47. The Kier molecular flexibility index (Phi) is 3.51. The Morgan fingerprint density at radius 3 is 2.21 bits per heavy atom. The van der Waals surface area contributed by atoms with Crippen LogP contribution in [0.3, 0.4) is 0 Å². The Balaban J connectivity index is 3.39. The maximum atomic E-state index is 11.9. The normalized spacial score (nSPS) is 13.2. The summed E-state index contributed by atoms with van der Waals surface area (Å²) in [5, 5.41) is 0.139. The third kappa shape index (κ3) is 2.07. The van der Waals surface area contributed by atoms with Crippen molar-refractivity contribution in [3.63, 3.8) is 0 Å².